The molecule has 1 N–H and O–H groups in total. The smallest absolute Gasteiger partial charge is 0.244 e. The number of carbonyl (C=O) groups is 1. The molecule has 0 spiro atoms. The van der Waals surface area contributed by atoms with Gasteiger partial charge in [0.05, 0.1) is 0 Å². The largest absolute Gasteiger partial charge is 0.324 e. The van der Waals surface area contributed by atoms with E-state index in [0.29, 0.717) is 27.6 Å². The Morgan fingerprint density at radius 1 is 1.13 bits per heavy atom. The summed E-state index contributed by atoms with van der Waals surface area (Å²) in [5.74, 6) is -0.00710. The summed E-state index contributed by atoms with van der Waals surface area (Å²) in [6.07, 6.45) is 1.67. The molecule has 0 atom stereocenters. The van der Waals surface area contributed by atoms with Crippen LogP contribution in [0.2, 0.25) is 0 Å². The van der Waals surface area contributed by atoms with Crippen molar-refractivity contribution in [3.05, 3.63) is 83.3 Å². The maximum Gasteiger partial charge on any atom is 0.244 e. The average molecular weight is 421 g/mol. The highest BCUT2D eigenvalue weighted by atomic mass is 32.2. The highest BCUT2D eigenvalue weighted by Crippen LogP contribution is 2.27. The fraction of sp³-hybridized carbons (Fsp3) is 0.174. The van der Waals surface area contributed by atoms with Crippen molar-refractivity contribution in [1.82, 2.24) is 14.5 Å². The highest BCUT2D eigenvalue weighted by molar-refractivity contribution is 7.98. The zero-order valence-corrected chi connectivity index (χ0v) is 17.5. The number of anilines is 1. The van der Waals surface area contributed by atoms with E-state index in [2.05, 4.69) is 15.3 Å². The van der Waals surface area contributed by atoms with Gasteiger partial charge < -0.3 is 5.32 Å². The van der Waals surface area contributed by atoms with Crippen LogP contribution < -0.4 is 5.32 Å². The first-order valence-electron chi connectivity index (χ1n) is 9.56. The third-order valence-corrected chi connectivity index (χ3v) is 5.77. The molecule has 0 unspecified atom stereocenters. The number of nitrogens with one attached hydrogen (secondary N) is 1. The lowest BCUT2D eigenvalue weighted by atomic mass is 10.1. The van der Waals surface area contributed by atoms with Crippen LogP contribution in [0.3, 0.4) is 0 Å². The van der Waals surface area contributed by atoms with E-state index in [1.807, 2.05) is 38.1 Å². The number of hydrogen-bond donors (Lipinski definition) is 1. The Labute approximate surface area is 178 Å². The van der Waals surface area contributed by atoms with Crippen molar-refractivity contribution < 1.29 is 9.18 Å². The molecule has 152 valence electrons. The summed E-state index contributed by atoms with van der Waals surface area (Å²) in [6.45, 7) is 4.05. The van der Waals surface area contributed by atoms with Gasteiger partial charge in [-0.3, -0.25) is 9.36 Å². The molecule has 4 rings (SSSR count). The van der Waals surface area contributed by atoms with Crippen molar-refractivity contribution >= 4 is 34.5 Å². The molecule has 1 amide bonds. The van der Waals surface area contributed by atoms with Gasteiger partial charge in [0.2, 0.25) is 5.91 Å². The Morgan fingerprint density at radius 2 is 1.97 bits per heavy atom. The standard InChI is InChI=1S/C23H21FN4OS/c1-15-9-10-19(16(2)12-15)26-21(29)13-28-22-20(8-5-11-25-22)27-23(28)30-14-17-6-3-4-7-18(17)24/h3-12H,13-14H2,1-2H3,(H,26,29). The van der Waals surface area contributed by atoms with Crippen LogP contribution in [-0.2, 0) is 17.1 Å². The average Bonchev–Trinajstić information content (AvgIpc) is 3.07. The maximum absolute atomic E-state index is 14.0. The lowest BCUT2D eigenvalue weighted by Crippen LogP contribution is -2.20. The van der Waals surface area contributed by atoms with Gasteiger partial charge in [-0.1, -0.05) is 47.7 Å². The molecule has 0 aliphatic rings. The van der Waals surface area contributed by atoms with Crippen molar-refractivity contribution in [2.45, 2.75) is 31.3 Å². The number of imidazole rings is 1. The van der Waals surface area contributed by atoms with Crippen LogP contribution in [0.15, 0.2) is 66.0 Å². The van der Waals surface area contributed by atoms with E-state index in [9.17, 15) is 9.18 Å². The van der Waals surface area contributed by atoms with Crippen molar-refractivity contribution in [1.29, 1.82) is 0 Å². The van der Waals surface area contributed by atoms with Gasteiger partial charge in [-0.05, 0) is 49.2 Å². The lowest BCUT2D eigenvalue weighted by Gasteiger charge is -2.11. The molecule has 7 heteroatoms. The summed E-state index contributed by atoms with van der Waals surface area (Å²) in [5, 5.41) is 3.59. The number of amides is 1. The van der Waals surface area contributed by atoms with E-state index in [0.717, 1.165) is 16.8 Å². The van der Waals surface area contributed by atoms with E-state index in [1.165, 1.54) is 17.8 Å². The van der Waals surface area contributed by atoms with Gasteiger partial charge in [-0.15, -0.1) is 0 Å². The van der Waals surface area contributed by atoms with Crippen molar-refractivity contribution in [2.24, 2.45) is 0 Å². The number of pyridine rings is 1. The van der Waals surface area contributed by atoms with Gasteiger partial charge in [0, 0.05) is 17.6 Å². The van der Waals surface area contributed by atoms with Crippen molar-refractivity contribution in [3.63, 3.8) is 0 Å². The lowest BCUT2D eigenvalue weighted by molar-refractivity contribution is -0.116. The van der Waals surface area contributed by atoms with Gasteiger partial charge in [0.1, 0.15) is 17.9 Å². The minimum atomic E-state index is -0.252. The van der Waals surface area contributed by atoms with Crippen LogP contribution in [0, 0.1) is 19.7 Å². The molecule has 5 nitrogen and oxygen atoms in total. The third-order valence-electron chi connectivity index (χ3n) is 4.74. The number of rotatable bonds is 6. The van der Waals surface area contributed by atoms with Crippen molar-refractivity contribution in [2.75, 3.05) is 5.32 Å². The minimum absolute atomic E-state index is 0.0699. The Balaban J connectivity index is 1.58. The first-order chi connectivity index (χ1) is 14.5. The summed E-state index contributed by atoms with van der Waals surface area (Å²) < 4.78 is 15.8. The fourth-order valence-corrected chi connectivity index (χ4v) is 4.22. The number of halogens is 1. The molecule has 0 aliphatic carbocycles. The normalized spacial score (nSPS) is 11.0. The number of aromatic nitrogens is 3. The van der Waals surface area contributed by atoms with E-state index >= 15 is 0 Å². The number of benzene rings is 2. The molecule has 0 saturated heterocycles. The summed E-state index contributed by atoms with van der Waals surface area (Å²) in [5.41, 5.74) is 4.85. The Hall–Kier alpha value is -3.19. The molecule has 0 radical (unpaired) electrons. The molecular formula is C23H21FN4OS. The monoisotopic (exact) mass is 420 g/mol. The number of nitrogens with zero attached hydrogens (tertiary/aromatic N) is 3. The Bertz CT molecular complexity index is 1220. The zero-order chi connectivity index (χ0) is 21.1. The van der Waals surface area contributed by atoms with E-state index < -0.39 is 0 Å². The predicted molar refractivity (Wildman–Crippen MR) is 118 cm³/mol. The molecule has 0 bridgehead atoms. The van der Waals surface area contributed by atoms with Gasteiger partial charge in [0.15, 0.2) is 10.8 Å². The molecule has 4 aromatic rings. The number of aryl methyl sites for hydroxylation is 2. The van der Waals surface area contributed by atoms with Crippen LogP contribution >= 0.6 is 11.8 Å². The van der Waals surface area contributed by atoms with Crippen LogP contribution in [0.25, 0.3) is 11.2 Å². The van der Waals surface area contributed by atoms with E-state index in [4.69, 9.17) is 0 Å². The zero-order valence-electron chi connectivity index (χ0n) is 16.7. The summed E-state index contributed by atoms with van der Waals surface area (Å²) in [6, 6.07) is 16.2. The Kier molecular flexibility index (Phi) is 5.81. The predicted octanol–water partition coefficient (Wildman–Crippen LogP) is 5.12. The van der Waals surface area contributed by atoms with Gasteiger partial charge in [-0.25, -0.2) is 14.4 Å². The maximum atomic E-state index is 14.0. The molecule has 2 aromatic carbocycles. The molecule has 2 heterocycles. The van der Waals surface area contributed by atoms with E-state index in [-0.39, 0.29) is 18.3 Å². The van der Waals surface area contributed by atoms with Crippen LogP contribution in [0.5, 0.6) is 0 Å². The Morgan fingerprint density at radius 3 is 2.77 bits per heavy atom. The van der Waals surface area contributed by atoms with Gasteiger partial charge in [-0.2, -0.15) is 0 Å². The van der Waals surface area contributed by atoms with Gasteiger partial charge in [0.25, 0.3) is 0 Å². The molecule has 0 fully saturated rings. The molecule has 30 heavy (non-hydrogen) atoms. The van der Waals surface area contributed by atoms with Crippen LogP contribution in [-0.4, -0.2) is 20.4 Å². The van der Waals surface area contributed by atoms with E-state index in [1.54, 1.807) is 35.0 Å². The fourth-order valence-electron chi connectivity index (χ4n) is 3.24. The third kappa shape index (κ3) is 4.36. The van der Waals surface area contributed by atoms with Gasteiger partial charge >= 0.3 is 0 Å². The number of hydrogen-bond acceptors (Lipinski definition) is 4. The quantitative estimate of drug-likeness (QED) is 0.440. The summed E-state index contributed by atoms with van der Waals surface area (Å²) >= 11 is 1.39. The second kappa shape index (κ2) is 8.67. The summed E-state index contributed by atoms with van der Waals surface area (Å²) in [7, 11) is 0. The second-order valence-corrected chi connectivity index (χ2v) is 8.02. The number of fused-ring (bicyclic) bond motifs is 1. The first-order valence-corrected chi connectivity index (χ1v) is 10.5. The highest BCUT2D eigenvalue weighted by Gasteiger charge is 2.16. The van der Waals surface area contributed by atoms with Crippen LogP contribution in [0.1, 0.15) is 16.7 Å². The second-order valence-electron chi connectivity index (χ2n) is 7.07. The van der Waals surface area contributed by atoms with Crippen molar-refractivity contribution in [3.8, 4) is 0 Å². The molecule has 0 aliphatic heterocycles. The summed E-state index contributed by atoms with van der Waals surface area (Å²) in [4.78, 5) is 21.8. The SMILES string of the molecule is Cc1ccc(NC(=O)Cn2c(SCc3ccccc3F)nc3cccnc32)c(C)c1. The minimum Gasteiger partial charge on any atom is -0.324 e. The van der Waals surface area contributed by atoms with Crippen LogP contribution in [0.4, 0.5) is 10.1 Å². The number of carbonyl (C=O) groups excluding carboxylic acids is 1. The number of thioether (sulfide) groups is 1. The first kappa shape index (κ1) is 20.1. The topological polar surface area (TPSA) is 59.8 Å². The molecule has 0 saturated carbocycles. The molecule has 2 aromatic heterocycles. The molecular weight excluding hydrogens is 399 g/mol.